The maximum atomic E-state index is 12.4. The Hall–Kier alpha value is -1.85. The van der Waals surface area contributed by atoms with Gasteiger partial charge in [0.15, 0.2) is 0 Å². The number of carbonyl (C=O) groups excluding carboxylic acids is 1. The molecule has 1 N–H and O–H groups in total. The van der Waals surface area contributed by atoms with E-state index in [1.165, 1.54) is 0 Å². The van der Waals surface area contributed by atoms with Crippen molar-refractivity contribution in [3.05, 3.63) is 70.2 Å². The largest absolute Gasteiger partial charge is 0.370 e. The summed E-state index contributed by atoms with van der Waals surface area (Å²) in [5.74, 6) is 0. The van der Waals surface area contributed by atoms with Gasteiger partial charge in [-0.05, 0) is 23.3 Å². The lowest BCUT2D eigenvalue weighted by molar-refractivity contribution is -0.0155. The van der Waals surface area contributed by atoms with E-state index in [1.54, 1.807) is 0 Å². The third-order valence-electron chi connectivity index (χ3n) is 3.86. The maximum Gasteiger partial charge on any atom is 0.317 e. The molecule has 2 aromatic carbocycles. The summed E-state index contributed by atoms with van der Waals surface area (Å²) in [6.45, 7) is 2.27. The Morgan fingerprint density at radius 3 is 2.83 bits per heavy atom. The zero-order chi connectivity index (χ0) is 16.1. The number of urea groups is 1. The molecule has 0 bridgehead atoms. The number of nitrogens with one attached hydrogen (secondary N) is 1. The molecule has 0 aromatic heterocycles. The summed E-state index contributed by atoms with van der Waals surface area (Å²) in [5, 5.41) is 2.97. The van der Waals surface area contributed by atoms with Crippen molar-refractivity contribution in [1.82, 2.24) is 10.2 Å². The first-order valence-corrected chi connectivity index (χ1v) is 8.45. The SMILES string of the molecule is O=C(NCc1ccccc1)N1CCOC(c2cccc(Br)c2)C1. The maximum absolute atomic E-state index is 12.4. The highest BCUT2D eigenvalue weighted by atomic mass is 79.9. The smallest absolute Gasteiger partial charge is 0.317 e. The van der Waals surface area contributed by atoms with E-state index in [1.807, 2.05) is 59.5 Å². The monoisotopic (exact) mass is 374 g/mol. The normalized spacial score (nSPS) is 17.8. The van der Waals surface area contributed by atoms with Crippen molar-refractivity contribution in [2.24, 2.45) is 0 Å². The molecule has 0 saturated carbocycles. The van der Waals surface area contributed by atoms with Crippen LogP contribution in [0.4, 0.5) is 4.79 Å². The lowest BCUT2D eigenvalue weighted by Gasteiger charge is -2.33. The molecule has 1 fully saturated rings. The molecule has 1 aliphatic heterocycles. The lowest BCUT2D eigenvalue weighted by Crippen LogP contribution is -2.46. The molecule has 1 saturated heterocycles. The predicted octanol–water partition coefficient (Wildman–Crippen LogP) is 3.73. The average molecular weight is 375 g/mol. The molecule has 1 unspecified atom stereocenters. The molecule has 2 amide bonds. The van der Waals surface area contributed by atoms with Crippen LogP contribution in [0, 0.1) is 0 Å². The Balaban J connectivity index is 1.58. The number of benzene rings is 2. The number of ether oxygens (including phenoxy) is 1. The molecule has 0 spiro atoms. The number of nitrogens with zero attached hydrogens (tertiary/aromatic N) is 1. The molecule has 0 aliphatic carbocycles. The third kappa shape index (κ3) is 4.33. The van der Waals surface area contributed by atoms with Crippen molar-refractivity contribution in [3.63, 3.8) is 0 Å². The summed E-state index contributed by atoms with van der Waals surface area (Å²) >= 11 is 3.48. The molecule has 1 aliphatic rings. The van der Waals surface area contributed by atoms with Gasteiger partial charge in [0.2, 0.25) is 0 Å². The molecular formula is C18H19BrN2O2. The van der Waals surface area contributed by atoms with Crippen molar-refractivity contribution in [2.45, 2.75) is 12.6 Å². The van der Waals surface area contributed by atoms with Crippen molar-refractivity contribution >= 4 is 22.0 Å². The minimum atomic E-state index is -0.0799. The molecule has 5 heteroatoms. The first-order valence-electron chi connectivity index (χ1n) is 7.66. The predicted molar refractivity (Wildman–Crippen MR) is 93.1 cm³/mol. The van der Waals surface area contributed by atoms with E-state index in [0.717, 1.165) is 15.6 Å². The van der Waals surface area contributed by atoms with Crippen molar-refractivity contribution in [1.29, 1.82) is 0 Å². The van der Waals surface area contributed by atoms with Crippen LogP contribution in [0.25, 0.3) is 0 Å². The summed E-state index contributed by atoms with van der Waals surface area (Å²) in [7, 11) is 0. The summed E-state index contributed by atoms with van der Waals surface area (Å²) in [4.78, 5) is 14.2. The van der Waals surface area contributed by atoms with E-state index >= 15 is 0 Å². The second-order valence-electron chi connectivity index (χ2n) is 5.50. The fourth-order valence-electron chi connectivity index (χ4n) is 2.63. The number of carbonyl (C=O) groups is 1. The Bertz CT molecular complexity index is 663. The standard InChI is InChI=1S/C18H19BrN2O2/c19-16-8-4-7-15(11-16)17-13-21(9-10-23-17)18(22)20-12-14-5-2-1-3-6-14/h1-8,11,17H,9-10,12-13H2,(H,20,22). The molecule has 2 aromatic rings. The van der Waals surface area contributed by atoms with Crippen LogP contribution in [0.15, 0.2) is 59.1 Å². The molecule has 3 rings (SSSR count). The number of halogens is 1. The van der Waals surface area contributed by atoms with Crippen LogP contribution in [0.2, 0.25) is 0 Å². The van der Waals surface area contributed by atoms with Crippen LogP contribution in [0.1, 0.15) is 17.2 Å². The van der Waals surface area contributed by atoms with E-state index in [0.29, 0.717) is 26.2 Å². The van der Waals surface area contributed by atoms with Gasteiger partial charge in [0.1, 0.15) is 6.10 Å². The van der Waals surface area contributed by atoms with Crippen LogP contribution in [0.5, 0.6) is 0 Å². The molecule has 1 atom stereocenters. The van der Waals surface area contributed by atoms with E-state index in [-0.39, 0.29) is 12.1 Å². The zero-order valence-corrected chi connectivity index (χ0v) is 14.3. The molecule has 23 heavy (non-hydrogen) atoms. The van der Waals surface area contributed by atoms with Gasteiger partial charge in [0, 0.05) is 17.6 Å². The van der Waals surface area contributed by atoms with Crippen LogP contribution < -0.4 is 5.32 Å². The minimum absolute atomic E-state index is 0.0443. The van der Waals surface area contributed by atoms with E-state index in [4.69, 9.17) is 4.74 Å². The topological polar surface area (TPSA) is 41.6 Å². The highest BCUT2D eigenvalue weighted by Crippen LogP contribution is 2.24. The second-order valence-corrected chi connectivity index (χ2v) is 6.42. The van der Waals surface area contributed by atoms with E-state index in [9.17, 15) is 4.79 Å². The molecule has 4 nitrogen and oxygen atoms in total. The number of hydrogen-bond donors (Lipinski definition) is 1. The van der Waals surface area contributed by atoms with Gasteiger partial charge < -0.3 is 15.0 Å². The fraction of sp³-hybridized carbons (Fsp3) is 0.278. The number of morpholine rings is 1. The molecular weight excluding hydrogens is 356 g/mol. The summed E-state index contributed by atoms with van der Waals surface area (Å²) in [6.07, 6.45) is -0.0799. The van der Waals surface area contributed by atoms with Crippen LogP contribution in [-0.4, -0.2) is 30.6 Å². The van der Waals surface area contributed by atoms with Gasteiger partial charge in [-0.25, -0.2) is 4.79 Å². The van der Waals surface area contributed by atoms with Gasteiger partial charge in [0.25, 0.3) is 0 Å². The van der Waals surface area contributed by atoms with E-state index in [2.05, 4.69) is 21.2 Å². The molecule has 0 radical (unpaired) electrons. The Labute approximate surface area is 144 Å². The van der Waals surface area contributed by atoms with Crippen LogP contribution >= 0.6 is 15.9 Å². The van der Waals surface area contributed by atoms with Crippen LogP contribution in [0.3, 0.4) is 0 Å². The van der Waals surface area contributed by atoms with Gasteiger partial charge in [-0.15, -0.1) is 0 Å². The highest BCUT2D eigenvalue weighted by molar-refractivity contribution is 9.10. The minimum Gasteiger partial charge on any atom is -0.370 e. The molecule has 1 heterocycles. The first-order chi connectivity index (χ1) is 11.2. The van der Waals surface area contributed by atoms with Crippen molar-refractivity contribution < 1.29 is 9.53 Å². The molecule has 120 valence electrons. The van der Waals surface area contributed by atoms with Crippen molar-refractivity contribution in [2.75, 3.05) is 19.7 Å². The Kier molecular flexibility index (Phi) is 5.31. The van der Waals surface area contributed by atoms with Gasteiger partial charge in [-0.3, -0.25) is 0 Å². The van der Waals surface area contributed by atoms with Gasteiger partial charge in [-0.1, -0.05) is 58.4 Å². The number of hydrogen-bond acceptors (Lipinski definition) is 2. The summed E-state index contributed by atoms with van der Waals surface area (Å²) in [6, 6.07) is 17.9. The number of amides is 2. The lowest BCUT2D eigenvalue weighted by atomic mass is 10.1. The Morgan fingerprint density at radius 1 is 1.22 bits per heavy atom. The van der Waals surface area contributed by atoms with Crippen molar-refractivity contribution in [3.8, 4) is 0 Å². The van der Waals surface area contributed by atoms with E-state index < -0.39 is 0 Å². The third-order valence-corrected chi connectivity index (χ3v) is 4.35. The van der Waals surface area contributed by atoms with Gasteiger partial charge in [0.05, 0.1) is 13.2 Å². The number of rotatable bonds is 3. The highest BCUT2D eigenvalue weighted by Gasteiger charge is 2.25. The average Bonchev–Trinajstić information content (AvgIpc) is 2.61. The summed E-state index contributed by atoms with van der Waals surface area (Å²) < 4.78 is 6.84. The Morgan fingerprint density at radius 2 is 2.04 bits per heavy atom. The van der Waals surface area contributed by atoms with Crippen LogP contribution in [-0.2, 0) is 11.3 Å². The summed E-state index contributed by atoms with van der Waals surface area (Å²) in [5.41, 5.74) is 2.18. The quantitative estimate of drug-likeness (QED) is 0.888. The van der Waals surface area contributed by atoms with Gasteiger partial charge >= 0.3 is 6.03 Å². The first kappa shape index (κ1) is 16.0. The fourth-order valence-corrected chi connectivity index (χ4v) is 3.04. The second kappa shape index (κ2) is 7.62. The van der Waals surface area contributed by atoms with Gasteiger partial charge in [-0.2, -0.15) is 0 Å². The zero-order valence-electron chi connectivity index (χ0n) is 12.7.